The van der Waals surface area contributed by atoms with Crippen molar-refractivity contribution in [2.75, 3.05) is 12.4 Å². The monoisotopic (exact) mass is 217 g/mol. The number of hydrogen-bond acceptors (Lipinski definition) is 3. The van der Waals surface area contributed by atoms with E-state index in [9.17, 15) is 4.79 Å². The molecular weight excluding hydrogens is 206 g/mol. The fourth-order valence-electron chi connectivity index (χ4n) is 0.906. The average molecular weight is 218 g/mol. The smallest absolute Gasteiger partial charge is 0.333 e. The van der Waals surface area contributed by atoms with Crippen molar-refractivity contribution in [1.29, 1.82) is 0 Å². The van der Waals surface area contributed by atoms with Gasteiger partial charge in [-0.15, -0.1) is 12.4 Å². The summed E-state index contributed by atoms with van der Waals surface area (Å²) in [5.41, 5.74) is 2.54. The van der Waals surface area contributed by atoms with Crippen molar-refractivity contribution in [3.05, 3.63) is 24.3 Å². The van der Waals surface area contributed by atoms with E-state index in [-0.39, 0.29) is 12.4 Å². The van der Waals surface area contributed by atoms with Gasteiger partial charge in [0.2, 0.25) is 0 Å². The summed E-state index contributed by atoms with van der Waals surface area (Å²) in [6.45, 7) is 0. The molecule has 1 aromatic carbocycles. The molecule has 14 heavy (non-hydrogen) atoms. The summed E-state index contributed by atoms with van der Waals surface area (Å²) in [6, 6.07) is 6.57. The van der Waals surface area contributed by atoms with E-state index in [0.717, 1.165) is 0 Å². The average Bonchev–Trinajstić information content (AvgIpc) is 2.18. The number of hydrogen-bond donors (Lipinski definition) is 3. The number of carbonyl (C=O) groups excluding carboxylic acids is 1. The Labute approximate surface area is 88.0 Å². The molecule has 0 heterocycles. The Morgan fingerprint density at radius 3 is 2.64 bits per heavy atom. The van der Waals surface area contributed by atoms with Crippen molar-refractivity contribution >= 4 is 24.1 Å². The fraction of sp³-hybridized carbons (Fsp3) is 0.125. The Morgan fingerprint density at radius 1 is 1.43 bits per heavy atom. The van der Waals surface area contributed by atoms with E-state index in [1.165, 1.54) is 7.11 Å². The van der Waals surface area contributed by atoms with Crippen LogP contribution in [-0.2, 0) is 0 Å². The summed E-state index contributed by atoms with van der Waals surface area (Å²) in [4.78, 5) is 10.8. The molecule has 1 aromatic rings. The molecule has 0 radical (unpaired) electrons. The maximum Gasteiger partial charge on any atom is 0.333 e. The Balaban J connectivity index is 0.00000169. The van der Waals surface area contributed by atoms with E-state index >= 15 is 0 Å². The van der Waals surface area contributed by atoms with Gasteiger partial charge in [0, 0.05) is 0 Å². The van der Waals surface area contributed by atoms with Crippen LogP contribution in [0.2, 0.25) is 0 Å². The lowest BCUT2D eigenvalue weighted by atomic mass is 10.3. The van der Waals surface area contributed by atoms with Gasteiger partial charge in [-0.25, -0.2) is 10.6 Å². The maximum absolute atomic E-state index is 10.8. The van der Waals surface area contributed by atoms with Gasteiger partial charge in [0.25, 0.3) is 0 Å². The SMILES string of the molecule is COc1ccccc1NC(=O)NN.Cl. The zero-order chi connectivity index (χ0) is 9.68. The largest absolute Gasteiger partial charge is 0.495 e. The maximum atomic E-state index is 10.8. The van der Waals surface area contributed by atoms with Gasteiger partial charge in [-0.1, -0.05) is 12.1 Å². The topological polar surface area (TPSA) is 76.4 Å². The number of para-hydroxylation sites is 2. The third-order valence-corrected chi connectivity index (χ3v) is 1.49. The van der Waals surface area contributed by atoms with Crippen molar-refractivity contribution < 1.29 is 9.53 Å². The number of anilines is 1. The van der Waals surface area contributed by atoms with Crippen LogP contribution >= 0.6 is 12.4 Å². The van der Waals surface area contributed by atoms with E-state index < -0.39 is 6.03 Å². The van der Waals surface area contributed by atoms with Crippen LogP contribution in [0.4, 0.5) is 10.5 Å². The number of rotatable bonds is 2. The molecule has 2 amide bonds. The van der Waals surface area contributed by atoms with Gasteiger partial charge >= 0.3 is 6.03 Å². The summed E-state index contributed by atoms with van der Waals surface area (Å²) in [5.74, 6) is 5.50. The number of halogens is 1. The van der Waals surface area contributed by atoms with Crippen molar-refractivity contribution in [3.8, 4) is 5.75 Å². The van der Waals surface area contributed by atoms with Gasteiger partial charge in [-0.3, -0.25) is 5.43 Å². The molecule has 4 N–H and O–H groups in total. The molecule has 0 bridgehead atoms. The molecule has 0 aliphatic carbocycles. The number of benzene rings is 1. The van der Waals surface area contributed by atoms with Crippen LogP contribution in [0.5, 0.6) is 5.75 Å². The van der Waals surface area contributed by atoms with E-state index in [2.05, 4.69) is 5.32 Å². The first-order chi connectivity index (χ1) is 6.27. The second-order valence-corrected chi connectivity index (χ2v) is 2.30. The minimum Gasteiger partial charge on any atom is -0.495 e. The summed E-state index contributed by atoms with van der Waals surface area (Å²) in [5, 5.41) is 2.51. The summed E-state index contributed by atoms with van der Waals surface area (Å²) in [7, 11) is 1.53. The predicted octanol–water partition coefficient (Wildman–Crippen LogP) is 1.11. The van der Waals surface area contributed by atoms with Gasteiger partial charge in [-0.2, -0.15) is 0 Å². The molecule has 0 fully saturated rings. The third-order valence-electron chi connectivity index (χ3n) is 1.49. The molecule has 0 aromatic heterocycles. The van der Waals surface area contributed by atoms with Crippen molar-refractivity contribution in [2.24, 2.45) is 5.84 Å². The highest BCUT2D eigenvalue weighted by Gasteiger charge is 2.03. The number of hydrazine groups is 1. The minimum absolute atomic E-state index is 0. The quantitative estimate of drug-likeness (QED) is 0.395. The Hall–Kier alpha value is -1.46. The third kappa shape index (κ3) is 3.12. The van der Waals surface area contributed by atoms with Crippen molar-refractivity contribution in [2.45, 2.75) is 0 Å². The Bertz CT molecular complexity index is 306. The molecule has 1 rings (SSSR count). The van der Waals surface area contributed by atoms with Gasteiger partial charge in [0.1, 0.15) is 5.75 Å². The second kappa shape index (κ2) is 6.06. The highest BCUT2D eigenvalue weighted by Crippen LogP contribution is 2.22. The highest BCUT2D eigenvalue weighted by atomic mass is 35.5. The lowest BCUT2D eigenvalue weighted by Gasteiger charge is -2.08. The number of urea groups is 1. The van der Waals surface area contributed by atoms with E-state index in [1.54, 1.807) is 18.2 Å². The zero-order valence-corrected chi connectivity index (χ0v) is 8.43. The van der Waals surface area contributed by atoms with Crippen LogP contribution in [0.1, 0.15) is 0 Å². The molecule has 6 heteroatoms. The first-order valence-corrected chi connectivity index (χ1v) is 3.68. The molecule has 0 aliphatic rings. The lowest BCUT2D eigenvalue weighted by Crippen LogP contribution is -2.34. The van der Waals surface area contributed by atoms with Crippen LogP contribution in [0.3, 0.4) is 0 Å². The molecule has 0 saturated carbocycles. The lowest BCUT2D eigenvalue weighted by molar-refractivity contribution is 0.252. The van der Waals surface area contributed by atoms with Crippen LogP contribution in [0.25, 0.3) is 0 Å². The predicted molar refractivity (Wildman–Crippen MR) is 56.6 cm³/mol. The van der Waals surface area contributed by atoms with Crippen LogP contribution in [0.15, 0.2) is 24.3 Å². The highest BCUT2D eigenvalue weighted by molar-refractivity contribution is 5.90. The second-order valence-electron chi connectivity index (χ2n) is 2.30. The minimum atomic E-state index is -0.482. The molecule has 78 valence electrons. The number of carbonyl (C=O) groups is 1. The zero-order valence-electron chi connectivity index (χ0n) is 7.61. The van der Waals surface area contributed by atoms with E-state index in [4.69, 9.17) is 10.6 Å². The Kier molecular flexibility index (Phi) is 5.43. The van der Waals surface area contributed by atoms with Crippen LogP contribution in [-0.4, -0.2) is 13.1 Å². The molecule has 0 spiro atoms. The van der Waals surface area contributed by atoms with Crippen LogP contribution < -0.4 is 21.3 Å². The standard InChI is InChI=1S/C8H11N3O2.ClH/c1-13-7-5-3-2-4-6(7)10-8(12)11-9;/h2-5H,9H2,1H3,(H2,10,11,12);1H. The van der Waals surface area contributed by atoms with Crippen molar-refractivity contribution in [1.82, 2.24) is 5.43 Å². The molecule has 0 atom stereocenters. The van der Waals surface area contributed by atoms with E-state index in [1.807, 2.05) is 11.5 Å². The number of nitrogens with two attached hydrogens (primary N) is 1. The van der Waals surface area contributed by atoms with E-state index in [0.29, 0.717) is 11.4 Å². The molecular formula is C8H12ClN3O2. The van der Waals surface area contributed by atoms with Crippen molar-refractivity contribution in [3.63, 3.8) is 0 Å². The summed E-state index contributed by atoms with van der Waals surface area (Å²) in [6.07, 6.45) is 0. The Morgan fingerprint density at radius 2 is 2.07 bits per heavy atom. The molecule has 5 nitrogen and oxygen atoms in total. The number of nitrogens with one attached hydrogen (secondary N) is 2. The molecule has 0 unspecified atom stereocenters. The van der Waals surface area contributed by atoms with Gasteiger partial charge in [0.05, 0.1) is 12.8 Å². The first-order valence-electron chi connectivity index (χ1n) is 3.68. The summed E-state index contributed by atoms with van der Waals surface area (Å²) < 4.78 is 5.01. The molecule has 0 saturated heterocycles. The van der Waals surface area contributed by atoms with Gasteiger partial charge in [0.15, 0.2) is 0 Å². The van der Waals surface area contributed by atoms with Gasteiger partial charge < -0.3 is 10.1 Å². The first kappa shape index (κ1) is 12.5. The van der Waals surface area contributed by atoms with Gasteiger partial charge in [-0.05, 0) is 12.1 Å². The fourth-order valence-corrected chi connectivity index (χ4v) is 0.906. The van der Waals surface area contributed by atoms with Crippen LogP contribution in [0, 0.1) is 0 Å². The number of amides is 2. The summed E-state index contributed by atoms with van der Waals surface area (Å²) >= 11 is 0. The number of methoxy groups -OCH3 is 1. The normalized spacial score (nSPS) is 8.43. The number of ether oxygens (including phenoxy) is 1. The molecule has 0 aliphatic heterocycles.